The molecule has 0 spiro atoms. The number of rotatable bonds is 18. The molecule has 0 saturated heterocycles. The summed E-state index contributed by atoms with van der Waals surface area (Å²) in [7, 11) is 0. The summed E-state index contributed by atoms with van der Waals surface area (Å²) in [6, 6.07) is 11.2. The van der Waals surface area contributed by atoms with Gasteiger partial charge in [-0.3, -0.25) is 24.2 Å². The number of hydrogen-bond donors (Lipinski definition) is 9. The summed E-state index contributed by atoms with van der Waals surface area (Å²) in [5.41, 5.74) is 19.0. The topological polar surface area (TPSA) is 268 Å². The summed E-state index contributed by atoms with van der Waals surface area (Å²) in [6.07, 6.45) is 1.55. The fourth-order valence-corrected chi connectivity index (χ4v) is 4.79. The van der Waals surface area contributed by atoms with Gasteiger partial charge in [-0.2, -0.15) is 0 Å². The van der Waals surface area contributed by atoms with Crippen LogP contribution in [0.1, 0.15) is 36.8 Å². The van der Waals surface area contributed by atoms with Crippen LogP contribution >= 0.6 is 0 Å². The van der Waals surface area contributed by atoms with Crippen LogP contribution in [-0.4, -0.2) is 81.5 Å². The molecule has 15 nitrogen and oxygen atoms in total. The van der Waals surface area contributed by atoms with Crippen molar-refractivity contribution < 1.29 is 34.2 Å². The Morgan fingerprint density at radius 1 is 0.783 bits per heavy atom. The second-order valence-corrected chi connectivity index (χ2v) is 10.8. The number of para-hydroxylation sites is 1. The third-order valence-electron chi connectivity index (χ3n) is 7.21. The van der Waals surface area contributed by atoms with Crippen LogP contribution in [0, 0.1) is 0 Å². The van der Waals surface area contributed by atoms with Crippen LogP contribution in [0.3, 0.4) is 0 Å². The Morgan fingerprint density at radius 3 is 2.04 bits per heavy atom. The Morgan fingerprint density at radius 2 is 1.39 bits per heavy atom. The number of aromatic amines is 1. The van der Waals surface area contributed by atoms with Gasteiger partial charge in [-0.25, -0.2) is 4.79 Å². The standard InChI is InChI=1S/C31H40N8O7/c32-21(10-6-14-35-31(33)34)27(42)38-25(16-19-17-36-22-11-5-4-9-20(19)22)29(44)39-24(15-18-7-2-1-3-8-18)28(43)37-23(30(45)46)12-13-26(40)41/h1-5,7-9,11,17,21,23-25,36H,6,10,12-16,32H2,(H,37,43)(H,38,42)(H,39,44)(H,40,41)(H,45,46)(H4,33,34,35). The molecule has 0 aliphatic carbocycles. The molecule has 0 fully saturated rings. The van der Waals surface area contributed by atoms with Gasteiger partial charge in [-0.1, -0.05) is 48.5 Å². The van der Waals surface area contributed by atoms with Gasteiger partial charge in [0.1, 0.15) is 18.1 Å². The number of nitrogens with zero attached hydrogens (tertiary/aromatic N) is 1. The van der Waals surface area contributed by atoms with Crippen LogP contribution in [0.4, 0.5) is 0 Å². The number of nitrogens with one attached hydrogen (secondary N) is 4. The number of hydrogen-bond acceptors (Lipinski definition) is 7. The number of carbonyl (C=O) groups is 5. The lowest BCUT2D eigenvalue weighted by Gasteiger charge is -2.25. The minimum absolute atomic E-state index is 0.0122. The van der Waals surface area contributed by atoms with Crippen LogP contribution in [-0.2, 0) is 36.8 Å². The van der Waals surface area contributed by atoms with Crippen LogP contribution in [0.15, 0.2) is 65.8 Å². The highest BCUT2D eigenvalue weighted by Crippen LogP contribution is 2.19. The molecule has 3 rings (SSSR count). The molecule has 0 radical (unpaired) electrons. The number of aliphatic carboxylic acids is 2. The second-order valence-electron chi connectivity index (χ2n) is 10.8. The van der Waals surface area contributed by atoms with Gasteiger partial charge in [0.25, 0.3) is 0 Å². The zero-order valence-electron chi connectivity index (χ0n) is 25.1. The number of H-pyrrole nitrogens is 1. The summed E-state index contributed by atoms with van der Waals surface area (Å²) in [4.78, 5) is 70.2. The molecular weight excluding hydrogens is 596 g/mol. The molecule has 0 aliphatic rings. The van der Waals surface area contributed by atoms with E-state index >= 15 is 0 Å². The monoisotopic (exact) mass is 636 g/mol. The fourth-order valence-electron chi connectivity index (χ4n) is 4.79. The minimum atomic E-state index is -1.50. The number of guanidine groups is 1. The van der Waals surface area contributed by atoms with E-state index in [2.05, 4.69) is 25.9 Å². The predicted octanol–water partition coefficient (Wildman–Crippen LogP) is -0.262. The molecule has 3 aromatic rings. The van der Waals surface area contributed by atoms with Crippen LogP contribution < -0.4 is 33.2 Å². The number of carbonyl (C=O) groups excluding carboxylic acids is 3. The van der Waals surface area contributed by atoms with Crippen molar-refractivity contribution in [3.8, 4) is 0 Å². The van der Waals surface area contributed by atoms with Crippen molar-refractivity contribution >= 4 is 46.5 Å². The minimum Gasteiger partial charge on any atom is -0.481 e. The Hall–Kier alpha value is -5.44. The van der Waals surface area contributed by atoms with Gasteiger partial charge in [-0.15, -0.1) is 0 Å². The van der Waals surface area contributed by atoms with Gasteiger partial charge in [0.15, 0.2) is 5.96 Å². The molecule has 46 heavy (non-hydrogen) atoms. The molecule has 15 heteroatoms. The summed E-state index contributed by atoms with van der Waals surface area (Å²) in [5.74, 6) is -4.87. The average Bonchev–Trinajstić information content (AvgIpc) is 3.43. The van der Waals surface area contributed by atoms with Crippen molar-refractivity contribution in [1.82, 2.24) is 20.9 Å². The van der Waals surface area contributed by atoms with E-state index in [-0.39, 0.29) is 38.2 Å². The molecule has 0 bridgehead atoms. The number of carboxylic acids is 2. The molecule has 1 heterocycles. The van der Waals surface area contributed by atoms with Gasteiger partial charge >= 0.3 is 11.9 Å². The highest BCUT2D eigenvalue weighted by molar-refractivity contribution is 5.95. The third-order valence-corrected chi connectivity index (χ3v) is 7.21. The van der Waals surface area contributed by atoms with Crippen molar-refractivity contribution in [2.24, 2.45) is 22.2 Å². The first-order chi connectivity index (χ1) is 21.9. The Balaban J connectivity index is 1.85. The lowest BCUT2D eigenvalue weighted by Crippen LogP contribution is -2.58. The molecule has 3 amide bonds. The van der Waals surface area contributed by atoms with E-state index in [9.17, 15) is 29.1 Å². The first-order valence-corrected chi connectivity index (χ1v) is 14.7. The van der Waals surface area contributed by atoms with E-state index in [1.54, 1.807) is 36.5 Å². The van der Waals surface area contributed by atoms with E-state index in [0.29, 0.717) is 12.0 Å². The first-order valence-electron chi connectivity index (χ1n) is 14.7. The summed E-state index contributed by atoms with van der Waals surface area (Å²) in [5, 5.41) is 27.1. The molecule has 0 saturated carbocycles. The maximum Gasteiger partial charge on any atom is 0.326 e. The van der Waals surface area contributed by atoms with Gasteiger partial charge in [0.2, 0.25) is 17.7 Å². The smallest absolute Gasteiger partial charge is 0.326 e. The van der Waals surface area contributed by atoms with Gasteiger partial charge in [-0.05, 0) is 36.5 Å². The van der Waals surface area contributed by atoms with Crippen LogP contribution in [0.5, 0.6) is 0 Å². The fraction of sp³-hybridized carbons (Fsp3) is 0.355. The first kappa shape index (κ1) is 35.0. The number of carboxylic acid groups (broad SMARTS) is 2. The van der Waals surface area contributed by atoms with Crippen LogP contribution in [0.2, 0.25) is 0 Å². The lowest BCUT2D eigenvalue weighted by atomic mass is 10.0. The average molecular weight is 637 g/mol. The number of amides is 3. The maximum atomic E-state index is 13.8. The third kappa shape index (κ3) is 10.9. The van der Waals surface area contributed by atoms with E-state index in [0.717, 1.165) is 16.5 Å². The largest absolute Gasteiger partial charge is 0.481 e. The van der Waals surface area contributed by atoms with Crippen molar-refractivity contribution in [2.75, 3.05) is 6.54 Å². The zero-order valence-corrected chi connectivity index (χ0v) is 25.1. The van der Waals surface area contributed by atoms with Crippen molar-refractivity contribution in [3.05, 3.63) is 71.9 Å². The normalized spacial score (nSPS) is 13.5. The van der Waals surface area contributed by atoms with E-state index < -0.39 is 60.2 Å². The van der Waals surface area contributed by atoms with Gasteiger partial charge in [0, 0.05) is 42.9 Å². The number of aromatic nitrogens is 1. The molecule has 1 aromatic heterocycles. The molecule has 4 unspecified atom stereocenters. The number of nitrogens with two attached hydrogens (primary N) is 3. The Bertz CT molecular complexity index is 1540. The van der Waals surface area contributed by atoms with Crippen molar-refractivity contribution in [3.63, 3.8) is 0 Å². The molecule has 4 atom stereocenters. The lowest BCUT2D eigenvalue weighted by molar-refractivity contribution is -0.143. The number of aliphatic imine (C=N–C) groups is 1. The summed E-state index contributed by atoms with van der Waals surface area (Å²) >= 11 is 0. The van der Waals surface area contributed by atoms with E-state index in [1.165, 1.54) is 0 Å². The van der Waals surface area contributed by atoms with Gasteiger partial charge in [0.05, 0.1) is 6.04 Å². The quantitative estimate of drug-likeness (QED) is 0.0501. The summed E-state index contributed by atoms with van der Waals surface area (Å²) in [6.45, 7) is 0.267. The maximum absolute atomic E-state index is 13.8. The van der Waals surface area contributed by atoms with Crippen molar-refractivity contribution in [2.45, 2.75) is 62.7 Å². The Labute approximate surface area is 265 Å². The molecule has 0 aliphatic heterocycles. The van der Waals surface area contributed by atoms with E-state index in [1.807, 2.05) is 24.3 Å². The SMILES string of the molecule is NC(N)=NCCCC(N)C(=O)NC(Cc1c[nH]c2ccccc12)C(=O)NC(Cc1ccccc1)C(=O)NC(CCC(=O)O)C(=O)O. The number of fused-ring (bicyclic) bond motifs is 1. The van der Waals surface area contributed by atoms with E-state index in [4.69, 9.17) is 22.3 Å². The predicted molar refractivity (Wildman–Crippen MR) is 170 cm³/mol. The van der Waals surface area contributed by atoms with Crippen LogP contribution in [0.25, 0.3) is 10.9 Å². The molecular formula is C31H40N8O7. The molecule has 12 N–H and O–H groups in total. The highest BCUT2D eigenvalue weighted by Gasteiger charge is 2.31. The molecule has 246 valence electrons. The zero-order chi connectivity index (χ0) is 33.6. The Kier molecular flexibility index (Phi) is 13.1. The second kappa shape index (κ2) is 17.2. The van der Waals surface area contributed by atoms with Crippen molar-refractivity contribution in [1.29, 1.82) is 0 Å². The molecule has 2 aromatic carbocycles. The summed E-state index contributed by atoms with van der Waals surface area (Å²) < 4.78 is 0. The number of benzene rings is 2. The highest BCUT2D eigenvalue weighted by atomic mass is 16.4. The van der Waals surface area contributed by atoms with Gasteiger partial charge < -0.3 is 48.3 Å².